The third-order valence-corrected chi connectivity index (χ3v) is 6.54. The summed E-state index contributed by atoms with van der Waals surface area (Å²) in [4.78, 5) is 13.3. The number of primary sulfonamides is 1. The van der Waals surface area contributed by atoms with Crippen molar-refractivity contribution < 1.29 is 8.42 Å². The summed E-state index contributed by atoms with van der Waals surface area (Å²) in [6.07, 6.45) is 1.41. The van der Waals surface area contributed by atoms with Gasteiger partial charge in [-0.1, -0.05) is 6.07 Å². The predicted octanol–water partition coefficient (Wildman–Crippen LogP) is 2.54. The van der Waals surface area contributed by atoms with Crippen LogP contribution in [0.5, 0.6) is 0 Å². The molecule has 4 N–H and O–H groups in total. The van der Waals surface area contributed by atoms with E-state index < -0.39 is 10.0 Å². The van der Waals surface area contributed by atoms with Gasteiger partial charge in [0.25, 0.3) is 0 Å². The van der Waals surface area contributed by atoms with E-state index in [-0.39, 0.29) is 16.4 Å². The molecule has 4 rings (SSSR count). The fourth-order valence-electron chi connectivity index (χ4n) is 3.77. The number of hydrogen-bond acceptors (Lipinski definition) is 9. The molecule has 0 atom stereocenters. The number of nitriles is 1. The topological polar surface area (TPSA) is 140 Å². The maximum atomic E-state index is 11.6. The van der Waals surface area contributed by atoms with Gasteiger partial charge in [0.15, 0.2) is 5.82 Å². The summed E-state index contributed by atoms with van der Waals surface area (Å²) < 4.78 is 23.2. The number of sulfonamides is 1. The van der Waals surface area contributed by atoms with E-state index in [9.17, 15) is 13.7 Å². The first-order valence-electron chi connectivity index (χ1n) is 10.7. The smallest absolute Gasteiger partial charge is 0.238 e. The molecule has 11 heteroatoms. The Morgan fingerprint density at radius 2 is 1.79 bits per heavy atom. The molecule has 3 aromatic rings. The van der Waals surface area contributed by atoms with Gasteiger partial charge in [-0.3, -0.25) is 0 Å². The third-order valence-electron chi connectivity index (χ3n) is 5.63. The third kappa shape index (κ3) is 5.43. The Bertz CT molecular complexity index is 1350. The number of nitrogens with one attached hydrogen (secondary N) is 2. The number of piperazine rings is 1. The standard InChI is InChI=1S/C23H26N8O2S/c1-16-12-19(6-7-21(16)31-10-8-30(2)9-11-31)27-22-17(14-24)15-26-23(29-22)28-18-4-3-5-20(13-18)34(25,32)33/h3-7,12-13,15H,8-11H2,1-2H3,(H2,25,32,33)(H2,26,27,28,29). The average Bonchev–Trinajstić information content (AvgIpc) is 2.80. The minimum absolute atomic E-state index is 0.0274. The highest BCUT2D eigenvalue weighted by Crippen LogP contribution is 2.27. The van der Waals surface area contributed by atoms with Crippen LogP contribution in [0.3, 0.4) is 0 Å². The molecule has 0 unspecified atom stereocenters. The summed E-state index contributed by atoms with van der Waals surface area (Å²) in [7, 11) is -1.71. The molecule has 0 aliphatic carbocycles. The number of likely N-dealkylation sites (N-methyl/N-ethyl adjacent to an activating group) is 1. The Hall–Kier alpha value is -3.72. The lowest BCUT2D eigenvalue weighted by atomic mass is 10.1. The Balaban J connectivity index is 1.55. The Labute approximate surface area is 199 Å². The second kappa shape index (κ2) is 9.64. The minimum atomic E-state index is -3.84. The molecule has 2 heterocycles. The van der Waals surface area contributed by atoms with Gasteiger partial charge < -0.3 is 20.4 Å². The molecule has 0 bridgehead atoms. The first-order valence-corrected chi connectivity index (χ1v) is 12.3. The van der Waals surface area contributed by atoms with Gasteiger partial charge in [-0.05, 0) is 55.9 Å². The number of nitrogens with zero attached hydrogens (tertiary/aromatic N) is 5. The zero-order chi connectivity index (χ0) is 24.3. The van der Waals surface area contributed by atoms with Crippen molar-refractivity contribution in [2.24, 2.45) is 5.14 Å². The van der Waals surface area contributed by atoms with Crippen LogP contribution in [0.2, 0.25) is 0 Å². The first-order chi connectivity index (χ1) is 16.2. The number of anilines is 5. The fourth-order valence-corrected chi connectivity index (χ4v) is 4.33. The minimum Gasteiger partial charge on any atom is -0.369 e. The molecule has 1 aliphatic rings. The second-order valence-corrected chi connectivity index (χ2v) is 9.74. The molecule has 0 spiro atoms. The molecule has 176 valence electrons. The normalized spacial score (nSPS) is 14.5. The summed E-state index contributed by atoms with van der Waals surface area (Å²) in [6, 6.07) is 14.2. The van der Waals surface area contributed by atoms with Crippen molar-refractivity contribution in [1.82, 2.24) is 14.9 Å². The van der Waals surface area contributed by atoms with E-state index in [2.05, 4.69) is 56.5 Å². The lowest BCUT2D eigenvalue weighted by Gasteiger charge is -2.35. The van der Waals surface area contributed by atoms with Crippen molar-refractivity contribution in [2.45, 2.75) is 11.8 Å². The van der Waals surface area contributed by atoms with E-state index in [1.807, 2.05) is 12.1 Å². The summed E-state index contributed by atoms with van der Waals surface area (Å²) >= 11 is 0. The van der Waals surface area contributed by atoms with Crippen LogP contribution in [0.15, 0.2) is 53.6 Å². The summed E-state index contributed by atoms with van der Waals surface area (Å²) in [5.74, 6) is 0.549. The van der Waals surface area contributed by atoms with Crippen LogP contribution in [0.25, 0.3) is 0 Å². The van der Waals surface area contributed by atoms with Gasteiger partial charge >= 0.3 is 0 Å². The van der Waals surface area contributed by atoms with Crippen molar-refractivity contribution in [1.29, 1.82) is 5.26 Å². The fraction of sp³-hybridized carbons (Fsp3) is 0.261. The van der Waals surface area contributed by atoms with Crippen molar-refractivity contribution in [3.05, 3.63) is 59.8 Å². The number of nitrogens with two attached hydrogens (primary N) is 1. The number of benzene rings is 2. The lowest BCUT2D eigenvalue weighted by Crippen LogP contribution is -2.44. The van der Waals surface area contributed by atoms with Crippen LogP contribution >= 0.6 is 0 Å². The monoisotopic (exact) mass is 478 g/mol. The quantitative estimate of drug-likeness (QED) is 0.487. The SMILES string of the molecule is Cc1cc(Nc2nc(Nc3cccc(S(N)(=O)=O)c3)ncc2C#N)ccc1N1CCN(C)CC1. The van der Waals surface area contributed by atoms with Crippen molar-refractivity contribution in [2.75, 3.05) is 48.8 Å². The summed E-state index contributed by atoms with van der Waals surface area (Å²) in [5.41, 5.74) is 3.85. The molecule has 0 amide bonds. The molecule has 0 radical (unpaired) electrons. The molecule has 1 aliphatic heterocycles. The van der Waals surface area contributed by atoms with Crippen LogP contribution in [0, 0.1) is 18.3 Å². The molecular formula is C23H26N8O2S. The maximum absolute atomic E-state index is 11.6. The van der Waals surface area contributed by atoms with E-state index in [0.29, 0.717) is 11.5 Å². The maximum Gasteiger partial charge on any atom is 0.238 e. The first kappa shape index (κ1) is 23.4. The van der Waals surface area contributed by atoms with Crippen molar-refractivity contribution >= 4 is 38.9 Å². The molecule has 34 heavy (non-hydrogen) atoms. The van der Waals surface area contributed by atoms with Gasteiger partial charge in [-0.25, -0.2) is 18.5 Å². The molecule has 1 fully saturated rings. The summed E-state index contributed by atoms with van der Waals surface area (Å²) in [5, 5.41) is 20.9. The molecule has 10 nitrogen and oxygen atoms in total. The van der Waals surface area contributed by atoms with E-state index >= 15 is 0 Å². The molecule has 1 saturated heterocycles. The highest BCUT2D eigenvalue weighted by atomic mass is 32.2. The Kier molecular flexibility index (Phi) is 6.65. The zero-order valence-corrected chi connectivity index (χ0v) is 19.8. The van der Waals surface area contributed by atoms with Crippen LogP contribution in [-0.2, 0) is 10.0 Å². The van der Waals surface area contributed by atoms with Crippen LogP contribution in [0.1, 0.15) is 11.1 Å². The van der Waals surface area contributed by atoms with Gasteiger partial charge in [0.05, 0.1) is 11.1 Å². The van der Waals surface area contributed by atoms with Crippen molar-refractivity contribution in [3.8, 4) is 6.07 Å². The molecule has 1 aromatic heterocycles. The highest BCUT2D eigenvalue weighted by molar-refractivity contribution is 7.89. The van der Waals surface area contributed by atoms with Gasteiger partial charge in [0, 0.05) is 43.2 Å². The Morgan fingerprint density at radius 3 is 2.47 bits per heavy atom. The van der Waals surface area contributed by atoms with E-state index in [4.69, 9.17) is 5.14 Å². The van der Waals surface area contributed by atoms with Crippen LogP contribution in [0.4, 0.5) is 28.8 Å². The average molecular weight is 479 g/mol. The largest absolute Gasteiger partial charge is 0.369 e. The summed E-state index contributed by atoms with van der Waals surface area (Å²) in [6.45, 7) is 6.09. The van der Waals surface area contributed by atoms with E-state index in [0.717, 1.165) is 37.4 Å². The molecule has 0 saturated carbocycles. The number of hydrogen-bond donors (Lipinski definition) is 3. The highest BCUT2D eigenvalue weighted by Gasteiger charge is 2.16. The van der Waals surface area contributed by atoms with Gasteiger partial charge in [-0.2, -0.15) is 10.2 Å². The van der Waals surface area contributed by atoms with E-state index in [1.165, 1.54) is 24.0 Å². The van der Waals surface area contributed by atoms with Crippen molar-refractivity contribution in [3.63, 3.8) is 0 Å². The number of rotatable bonds is 6. The molecular weight excluding hydrogens is 452 g/mol. The number of aryl methyl sites for hydroxylation is 1. The van der Waals surface area contributed by atoms with E-state index in [1.54, 1.807) is 12.1 Å². The Morgan fingerprint density at radius 1 is 1.06 bits per heavy atom. The van der Waals surface area contributed by atoms with Gasteiger partial charge in [-0.15, -0.1) is 0 Å². The van der Waals surface area contributed by atoms with Gasteiger partial charge in [0.1, 0.15) is 11.6 Å². The van der Waals surface area contributed by atoms with Crippen LogP contribution < -0.4 is 20.7 Å². The van der Waals surface area contributed by atoms with Crippen LogP contribution in [-0.4, -0.2) is 56.5 Å². The predicted molar refractivity (Wildman–Crippen MR) is 132 cm³/mol. The van der Waals surface area contributed by atoms with Gasteiger partial charge in [0.2, 0.25) is 16.0 Å². The number of aromatic nitrogens is 2. The second-order valence-electron chi connectivity index (χ2n) is 8.18. The molecule has 2 aromatic carbocycles. The lowest BCUT2D eigenvalue weighted by molar-refractivity contribution is 0.312. The zero-order valence-electron chi connectivity index (χ0n) is 19.0.